The van der Waals surface area contributed by atoms with Crippen LogP contribution in [0.2, 0.25) is 0 Å². The number of carbonyl (C=O) groups excluding carboxylic acids is 1. The van der Waals surface area contributed by atoms with Crippen molar-refractivity contribution in [1.82, 2.24) is 5.32 Å². The first-order valence-corrected chi connectivity index (χ1v) is 5.16. The predicted octanol–water partition coefficient (Wildman–Crippen LogP) is 1.03. The van der Waals surface area contributed by atoms with Crippen LogP contribution in [0.4, 0.5) is 0 Å². The zero-order chi connectivity index (χ0) is 9.84. The molecule has 1 aliphatic carbocycles. The van der Waals surface area contributed by atoms with Crippen LogP contribution in [-0.4, -0.2) is 18.0 Å². The van der Waals surface area contributed by atoms with E-state index in [2.05, 4.69) is 5.32 Å². The van der Waals surface area contributed by atoms with Gasteiger partial charge in [0.15, 0.2) is 0 Å². The Morgan fingerprint density at radius 2 is 1.92 bits per heavy atom. The van der Waals surface area contributed by atoms with E-state index in [-0.39, 0.29) is 11.9 Å². The number of nitrogens with two attached hydrogens (primary N) is 1. The van der Waals surface area contributed by atoms with Crippen LogP contribution in [-0.2, 0) is 4.79 Å². The molecule has 3 nitrogen and oxygen atoms in total. The smallest absolute Gasteiger partial charge is 0.234 e. The van der Waals surface area contributed by atoms with E-state index in [1.165, 1.54) is 12.8 Å². The van der Waals surface area contributed by atoms with Gasteiger partial charge in [0.2, 0.25) is 5.91 Å². The van der Waals surface area contributed by atoms with E-state index in [0.29, 0.717) is 12.0 Å². The Morgan fingerprint density at radius 1 is 1.38 bits per heavy atom. The molecule has 1 fully saturated rings. The molecule has 0 aromatic carbocycles. The second-order valence-corrected chi connectivity index (χ2v) is 4.25. The van der Waals surface area contributed by atoms with E-state index >= 15 is 0 Å². The Morgan fingerprint density at radius 3 is 2.31 bits per heavy atom. The molecule has 0 aliphatic heterocycles. The molecule has 1 atom stereocenters. The molecule has 0 aromatic rings. The van der Waals surface area contributed by atoms with Crippen LogP contribution in [0.5, 0.6) is 0 Å². The van der Waals surface area contributed by atoms with Gasteiger partial charge in [0.05, 0.1) is 6.04 Å². The molecule has 0 unspecified atom stereocenters. The molecule has 3 heteroatoms. The summed E-state index contributed by atoms with van der Waals surface area (Å²) in [7, 11) is 0. The van der Waals surface area contributed by atoms with Crippen LogP contribution >= 0.6 is 0 Å². The van der Waals surface area contributed by atoms with Crippen molar-refractivity contribution in [2.24, 2.45) is 11.7 Å². The molecule has 1 saturated carbocycles. The Kier molecular flexibility index (Phi) is 3.72. The third-order valence-electron chi connectivity index (χ3n) is 2.69. The maximum absolute atomic E-state index is 11.2. The highest BCUT2D eigenvalue weighted by Crippen LogP contribution is 2.27. The van der Waals surface area contributed by atoms with Crippen LogP contribution in [0.3, 0.4) is 0 Å². The van der Waals surface area contributed by atoms with Gasteiger partial charge in [-0.3, -0.25) is 4.79 Å². The fourth-order valence-corrected chi connectivity index (χ4v) is 2.10. The lowest BCUT2D eigenvalue weighted by atomic mass is 9.97. The highest BCUT2D eigenvalue weighted by molar-refractivity contribution is 5.80. The molecule has 0 aromatic heterocycles. The van der Waals surface area contributed by atoms with E-state index in [0.717, 1.165) is 12.8 Å². The summed E-state index contributed by atoms with van der Waals surface area (Å²) in [6.07, 6.45) is 4.78. The zero-order valence-corrected chi connectivity index (χ0v) is 8.55. The third kappa shape index (κ3) is 2.99. The van der Waals surface area contributed by atoms with Crippen LogP contribution in [0.25, 0.3) is 0 Å². The first-order valence-electron chi connectivity index (χ1n) is 5.16. The highest BCUT2D eigenvalue weighted by atomic mass is 16.1. The lowest BCUT2D eigenvalue weighted by Gasteiger charge is -2.23. The molecule has 13 heavy (non-hydrogen) atoms. The van der Waals surface area contributed by atoms with Crippen molar-refractivity contribution in [3.63, 3.8) is 0 Å². The van der Waals surface area contributed by atoms with E-state index in [1.54, 1.807) is 0 Å². The first kappa shape index (κ1) is 10.5. The van der Waals surface area contributed by atoms with Crippen LogP contribution in [0.15, 0.2) is 0 Å². The first-order chi connectivity index (χ1) is 6.11. The fourth-order valence-electron chi connectivity index (χ4n) is 2.10. The second kappa shape index (κ2) is 4.61. The molecule has 3 N–H and O–H groups in total. The molecule has 0 bridgehead atoms. The molecule has 76 valence electrons. The second-order valence-electron chi connectivity index (χ2n) is 4.25. The number of amides is 1. The molecular formula is C10H20N2O. The summed E-state index contributed by atoms with van der Waals surface area (Å²) in [5.74, 6) is 0.278. The molecule has 0 radical (unpaired) electrons. The third-order valence-corrected chi connectivity index (χ3v) is 2.69. The minimum absolute atomic E-state index is 0.109. The molecule has 1 rings (SSSR count). The monoisotopic (exact) mass is 184 g/mol. The quantitative estimate of drug-likeness (QED) is 0.685. The van der Waals surface area contributed by atoms with Crippen molar-refractivity contribution < 1.29 is 4.79 Å². The van der Waals surface area contributed by atoms with Gasteiger partial charge in [0.1, 0.15) is 0 Å². The van der Waals surface area contributed by atoms with Gasteiger partial charge < -0.3 is 11.1 Å². The van der Waals surface area contributed by atoms with Gasteiger partial charge >= 0.3 is 0 Å². The number of carbonyl (C=O) groups is 1. The molecule has 0 saturated heterocycles. The fraction of sp³-hybridized carbons (Fsp3) is 0.900. The van der Waals surface area contributed by atoms with Gasteiger partial charge in [0, 0.05) is 6.04 Å². The summed E-state index contributed by atoms with van der Waals surface area (Å²) in [4.78, 5) is 11.2. The summed E-state index contributed by atoms with van der Waals surface area (Å²) < 4.78 is 0. The lowest BCUT2D eigenvalue weighted by Crippen LogP contribution is -2.48. The van der Waals surface area contributed by atoms with E-state index in [4.69, 9.17) is 5.73 Å². The molecule has 0 heterocycles. The lowest BCUT2D eigenvalue weighted by molar-refractivity contribution is -0.121. The predicted molar refractivity (Wildman–Crippen MR) is 53.2 cm³/mol. The van der Waals surface area contributed by atoms with E-state index in [1.807, 2.05) is 13.8 Å². The maximum Gasteiger partial charge on any atom is 0.234 e. The average Bonchev–Trinajstić information content (AvgIpc) is 2.50. The Bertz CT molecular complexity index is 174. The van der Waals surface area contributed by atoms with Gasteiger partial charge in [-0.25, -0.2) is 0 Å². The van der Waals surface area contributed by atoms with Crippen LogP contribution in [0.1, 0.15) is 39.5 Å². The highest BCUT2D eigenvalue weighted by Gasteiger charge is 2.28. The minimum atomic E-state index is -0.194. The van der Waals surface area contributed by atoms with Crippen molar-refractivity contribution in [2.45, 2.75) is 51.6 Å². The van der Waals surface area contributed by atoms with Crippen molar-refractivity contribution in [2.75, 3.05) is 0 Å². The summed E-state index contributed by atoms with van der Waals surface area (Å²) in [5, 5.41) is 3.25. The maximum atomic E-state index is 11.2. The van der Waals surface area contributed by atoms with Gasteiger partial charge in [-0.05, 0) is 18.8 Å². The normalized spacial score (nSPS) is 20.8. The van der Waals surface area contributed by atoms with Gasteiger partial charge in [-0.2, -0.15) is 0 Å². The topological polar surface area (TPSA) is 55.1 Å². The minimum Gasteiger partial charge on any atom is -0.368 e. The molecule has 0 spiro atoms. The number of primary amides is 1. The number of nitrogens with one attached hydrogen (secondary N) is 1. The van der Waals surface area contributed by atoms with Crippen molar-refractivity contribution in [3.8, 4) is 0 Å². The zero-order valence-electron chi connectivity index (χ0n) is 8.55. The summed E-state index contributed by atoms with van der Waals surface area (Å²) >= 11 is 0. The van der Waals surface area contributed by atoms with E-state index in [9.17, 15) is 4.79 Å². The molecule has 1 aliphatic rings. The van der Waals surface area contributed by atoms with Crippen LogP contribution < -0.4 is 11.1 Å². The van der Waals surface area contributed by atoms with Crippen molar-refractivity contribution in [1.29, 1.82) is 0 Å². The van der Waals surface area contributed by atoms with Crippen molar-refractivity contribution >= 4 is 5.91 Å². The summed E-state index contributed by atoms with van der Waals surface area (Å²) in [6.45, 7) is 4.09. The Labute approximate surface area is 80.1 Å². The van der Waals surface area contributed by atoms with E-state index < -0.39 is 0 Å². The summed E-state index contributed by atoms with van der Waals surface area (Å²) in [5.41, 5.74) is 5.36. The van der Waals surface area contributed by atoms with Gasteiger partial charge in [0.25, 0.3) is 0 Å². The Hall–Kier alpha value is -0.570. The van der Waals surface area contributed by atoms with Crippen LogP contribution in [0, 0.1) is 5.92 Å². The standard InChI is InChI=1S/C10H20N2O/c1-7(2)12-9(10(11)13)8-5-3-4-6-8/h7-9,12H,3-6H2,1-2H3,(H2,11,13)/t9-/m1/s1. The van der Waals surface area contributed by atoms with Crippen molar-refractivity contribution in [3.05, 3.63) is 0 Å². The number of rotatable bonds is 4. The number of hydrogen-bond donors (Lipinski definition) is 2. The SMILES string of the molecule is CC(C)N[C@@H](C(N)=O)C1CCCC1. The Balaban J connectivity index is 2.50. The molecular weight excluding hydrogens is 164 g/mol. The van der Waals surface area contributed by atoms with Gasteiger partial charge in [-0.1, -0.05) is 26.7 Å². The largest absolute Gasteiger partial charge is 0.368 e. The number of hydrogen-bond acceptors (Lipinski definition) is 2. The molecule has 1 amide bonds. The average molecular weight is 184 g/mol. The summed E-state index contributed by atoms with van der Waals surface area (Å²) in [6, 6.07) is 0.223. The van der Waals surface area contributed by atoms with Gasteiger partial charge in [-0.15, -0.1) is 0 Å².